The molecule has 0 aromatic heterocycles. The largest absolute Gasteiger partial charge is 0.298 e. The molecule has 1 rings (SSSR count). The maximum atomic E-state index is 5.75. The van der Waals surface area contributed by atoms with E-state index in [1.165, 1.54) is 0 Å². The van der Waals surface area contributed by atoms with Crippen LogP contribution in [0.1, 0.15) is 13.8 Å². The van der Waals surface area contributed by atoms with Gasteiger partial charge in [0.15, 0.2) is 0 Å². The Kier molecular flexibility index (Phi) is 1.78. The summed E-state index contributed by atoms with van der Waals surface area (Å²) in [6.45, 7) is 6.56. The van der Waals surface area contributed by atoms with Gasteiger partial charge in [0.05, 0.1) is 5.38 Å². The molecular formula is C6H12ClN. The van der Waals surface area contributed by atoms with Crippen molar-refractivity contribution in [2.24, 2.45) is 0 Å². The first-order valence-electron chi connectivity index (χ1n) is 3.08. The van der Waals surface area contributed by atoms with Crippen molar-refractivity contribution in [2.45, 2.75) is 25.3 Å². The molecular weight excluding hydrogens is 122 g/mol. The summed E-state index contributed by atoms with van der Waals surface area (Å²) in [6, 6.07) is 0.685. The van der Waals surface area contributed by atoms with E-state index in [1.807, 2.05) is 0 Å². The van der Waals surface area contributed by atoms with E-state index in [9.17, 15) is 0 Å². The topological polar surface area (TPSA) is 3.24 Å². The Bertz CT molecular complexity index is 76.6. The summed E-state index contributed by atoms with van der Waals surface area (Å²) in [6.07, 6.45) is 0. The highest BCUT2D eigenvalue weighted by atomic mass is 35.5. The van der Waals surface area contributed by atoms with Gasteiger partial charge in [-0.25, -0.2) is 0 Å². The van der Waals surface area contributed by atoms with Crippen LogP contribution in [-0.2, 0) is 0 Å². The number of hydrogen-bond donors (Lipinski definition) is 0. The van der Waals surface area contributed by atoms with Gasteiger partial charge in [-0.2, -0.15) is 0 Å². The van der Waals surface area contributed by atoms with Crippen molar-refractivity contribution in [1.29, 1.82) is 0 Å². The first-order valence-corrected chi connectivity index (χ1v) is 3.52. The summed E-state index contributed by atoms with van der Waals surface area (Å²) in [7, 11) is 0. The average molecular weight is 134 g/mol. The van der Waals surface area contributed by atoms with Gasteiger partial charge in [-0.05, 0) is 13.8 Å². The number of hydrogen-bond acceptors (Lipinski definition) is 1. The zero-order chi connectivity index (χ0) is 6.15. The summed E-state index contributed by atoms with van der Waals surface area (Å²) in [5, 5.41) is 0.428. The molecule has 0 bridgehead atoms. The second-order valence-electron chi connectivity index (χ2n) is 2.64. The summed E-state index contributed by atoms with van der Waals surface area (Å²) in [5.74, 6) is 0. The zero-order valence-electron chi connectivity index (χ0n) is 5.39. The number of rotatable bonds is 1. The fraction of sp³-hybridized carbons (Fsp3) is 1.00. The Balaban J connectivity index is 2.15. The third-order valence-corrected chi connectivity index (χ3v) is 1.87. The highest BCUT2D eigenvalue weighted by Gasteiger charge is 2.25. The van der Waals surface area contributed by atoms with Crippen molar-refractivity contribution in [2.75, 3.05) is 13.1 Å². The minimum Gasteiger partial charge on any atom is -0.298 e. The number of halogens is 1. The summed E-state index contributed by atoms with van der Waals surface area (Å²) < 4.78 is 0. The number of likely N-dealkylation sites (tertiary alicyclic amines) is 1. The van der Waals surface area contributed by atoms with Crippen LogP contribution in [0.15, 0.2) is 0 Å². The molecule has 0 amide bonds. The van der Waals surface area contributed by atoms with E-state index in [0.717, 1.165) is 13.1 Å². The van der Waals surface area contributed by atoms with Gasteiger partial charge >= 0.3 is 0 Å². The molecule has 0 aromatic rings. The van der Waals surface area contributed by atoms with Crippen LogP contribution in [0, 0.1) is 0 Å². The molecule has 0 atom stereocenters. The first-order chi connectivity index (χ1) is 3.70. The van der Waals surface area contributed by atoms with Crippen molar-refractivity contribution >= 4 is 11.6 Å². The lowest BCUT2D eigenvalue weighted by atomic mass is 10.1. The zero-order valence-corrected chi connectivity index (χ0v) is 6.15. The first kappa shape index (κ1) is 6.37. The lowest BCUT2D eigenvalue weighted by Crippen LogP contribution is -2.51. The molecule has 0 spiro atoms. The Morgan fingerprint density at radius 3 is 2.12 bits per heavy atom. The maximum absolute atomic E-state index is 5.75. The quantitative estimate of drug-likeness (QED) is 0.488. The Hall–Kier alpha value is 0.250. The van der Waals surface area contributed by atoms with Crippen molar-refractivity contribution in [1.82, 2.24) is 4.90 Å². The summed E-state index contributed by atoms with van der Waals surface area (Å²) in [4.78, 5) is 2.36. The molecule has 1 saturated heterocycles. The van der Waals surface area contributed by atoms with E-state index < -0.39 is 0 Å². The molecule has 1 aliphatic heterocycles. The van der Waals surface area contributed by atoms with E-state index in [-0.39, 0.29) is 0 Å². The van der Waals surface area contributed by atoms with E-state index in [0.29, 0.717) is 11.4 Å². The van der Waals surface area contributed by atoms with Crippen LogP contribution in [0.5, 0.6) is 0 Å². The summed E-state index contributed by atoms with van der Waals surface area (Å²) in [5.41, 5.74) is 0. The van der Waals surface area contributed by atoms with Crippen LogP contribution >= 0.6 is 11.6 Å². The Labute approximate surface area is 55.6 Å². The molecule has 48 valence electrons. The molecule has 0 aromatic carbocycles. The molecule has 1 heterocycles. The second-order valence-corrected chi connectivity index (χ2v) is 3.26. The van der Waals surface area contributed by atoms with Crippen LogP contribution in [0.2, 0.25) is 0 Å². The van der Waals surface area contributed by atoms with Gasteiger partial charge in [-0.15, -0.1) is 11.6 Å². The third-order valence-electron chi connectivity index (χ3n) is 1.60. The van der Waals surface area contributed by atoms with Crippen LogP contribution in [0.25, 0.3) is 0 Å². The fourth-order valence-corrected chi connectivity index (χ4v) is 1.23. The predicted molar refractivity (Wildman–Crippen MR) is 36.4 cm³/mol. The predicted octanol–water partition coefficient (Wildman–Crippen LogP) is 1.32. The van der Waals surface area contributed by atoms with Crippen LogP contribution in [0.4, 0.5) is 0 Å². The minimum absolute atomic E-state index is 0.428. The van der Waals surface area contributed by atoms with E-state index in [4.69, 9.17) is 11.6 Å². The lowest BCUT2D eigenvalue weighted by Gasteiger charge is -2.38. The average Bonchev–Trinajstić information content (AvgIpc) is 1.57. The maximum Gasteiger partial charge on any atom is 0.0590 e. The highest BCUT2D eigenvalue weighted by molar-refractivity contribution is 6.21. The smallest absolute Gasteiger partial charge is 0.0590 e. The lowest BCUT2D eigenvalue weighted by molar-refractivity contribution is 0.144. The van der Waals surface area contributed by atoms with Crippen molar-refractivity contribution in [3.05, 3.63) is 0 Å². The minimum atomic E-state index is 0.428. The van der Waals surface area contributed by atoms with E-state index >= 15 is 0 Å². The molecule has 0 radical (unpaired) electrons. The molecule has 0 N–H and O–H groups in total. The highest BCUT2D eigenvalue weighted by Crippen LogP contribution is 2.15. The standard InChI is InChI=1S/C6H12ClN/c1-5(2)8-3-6(7)4-8/h5-6H,3-4H2,1-2H3. The number of alkyl halides is 1. The summed E-state index contributed by atoms with van der Waals surface area (Å²) >= 11 is 5.75. The second kappa shape index (κ2) is 2.24. The van der Waals surface area contributed by atoms with Gasteiger partial charge in [0.1, 0.15) is 0 Å². The Morgan fingerprint density at radius 2 is 2.00 bits per heavy atom. The molecule has 0 unspecified atom stereocenters. The molecule has 1 fully saturated rings. The third kappa shape index (κ3) is 1.15. The van der Waals surface area contributed by atoms with Crippen LogP contribution in [-0.4, -0.2) is 29.4 Å². The van der Waals surface area contributed by atoms with E-state index in [1.54, 1.807) is 0 Å². The van der Waals surface area contributed by atoms with Gasteiger partial charge in [0.25, 0.3) is 0 Å². The normalized spacial score (nSPS) is 24.0. The molecule has 1 nitrogen and oxygen atoms in total. The molecule has 0 aliphatic carbocycles. The molecule has 2 heteroatoms. The van der Waals surface area contributed by atoms with Gasteiger partial charge in [0.2, 0.25) is 0 Å². The fourth-order valence-electron chi connectivity index (χ4n) is 0.877. The molecule has 1 aliphatic rings. The Morgan fingerprint density at radius 1 is 1.50 bits per heavy atom. The monoisotopic (exact) mass is 133 g/mol. The van der Waals surface area contributed by atoms with E-state index in [2.05, 4.69) is 18.7 Å². The van der Waals surface area contributed by atoms with Crippen molar-refractivity contribution in [3.8, 4) is 0 Å². The molecule has 0 saturated carbocycles. The SMILES string of the molecule is CC(C)N1CC(Cl)C1. The molecule has 8 heavy (non-hydrogen) atoms. The van der Waals surface area contributed by atoms with Gasteiger partial charge in [-0.1, -0.05) is 0 Å². The van der Waals surface area contributed by atoms with Gasteiger partial charge in [0, 0.05) is 19.1 Å². The van der Waals surface area contributed by atoms with Gasteiger partial charge in [-0.3, -0.25) is 4.90 Å². The number of nitrogens with zero attached hydrogens (tertiary/aromatic N) is 1. The van der Waals surface area contributed by atoms with Crippen LogP contribution in [0.3, 0.4) is 0 Å². The van der Waals surface area contributed by atoms with Crippen molar-refractivity contribution < 1.29 is 0 Å². The van der Waals surface area contributed by atoms with Crippen molar-refractivity contribution in [3.63, 3.8) is 0 Å². The van der Waals surface area contributed by atoms with Crippen LogP contribution < -0.4 is 0 Å². The van der Waals surface area contributed by atoms with Gasteiger partial charge < -0.3 is 0 Å².